The van der Waals surface area contributed by atoms with E-state index in [1.165, 1.54) is 12.1 Å². The van der Waals surface area contributed by atoms with Crippen LogP contribution in [0.3, 0.4) is 0 Å². The van der Waals surface area contributed by atoms with Gasteiger partial charge in [0.25, 0.3) is 0 Å². The second kappa shape index (κ2) is 7.45. The van der Waals surface area contributed by atoms with Gasteiger partial charge in [0.1, 0.15) is 5.75 Å². The number of carboxylic acids is 1. The van der Waals surface area contributed by atoms with Crippen molar-refractivity contribution in [3.05, 3.63) is 35.5 Å². The summed E-state index contributed by atoms with van der Waals surface area (Å²) in [6.45, 7) is 0. The van der Waals surface area contributed by atoms with Gasteiger partial charge < -0.3 is 14.7 Å². The van der Waals surface area contributed by atoms with Gasteiger partial charge in [-0.1, -0.05) is 17.3 Å². The largest absolute Gasteiger partial charge is 0.573 e. The summed E-state index contributed by atoms with van der Waals surface area (Å²) in [6.07, 6.45) is -1.38. The predicted molar refractivity (Wildman–Crippen MR) is 89.9 cm³/mol. The maximum atomic E-state index is 12.2. The van der Waals surface area contributed by atoms with E-state index in [4.69, 9.17) is 5.11 Å². The SMILES string of the molecule is CN(c1nn[nH]c1C(=O)O)[C@H]1CC[C@@H](c2ccc(OC(F)(F)F)cc2)CC1. The molecule has 27 heavy (non-hydrogen) atoms. The first kappa shape index (κ1) is 19.0. The first-order valence-electron chi connectivity index (χ1n) is 8.47. The number of carboxylic acid groups (broad SMARTS) is 1. The molecule has 1 aliphatic carbocycles. The molecule has 0 atom stereocenters. The number of alkyl halides is 3. The standard InChI is InChI=1S/C17H19F3N4O3/c1-24(15-14(16(25)26)21-23-22-15)12-6-2-10(3-7-12)11-4-8-13(9-5-11)27-17(18,19)20/h4-5,8-10,12H,2-3,6-7H2,1H3,(H,25,26)(H,21,22,23)/t10-,12+. The highest BCUT2D eigenvalue weighted by Gasteiger charge is 2.31. The first-order valence-corrected chi connectivity index (χ1v) is 8.47. The van der Waals surface area contributed by atoms with E-state index < -0.39 is 12.3 Å². The second-order valence-electron chi connectivity index (χ2n) is 6.55. The van der Waals surface area contributed by atoms with Crippen molar-refractivity contribution in [3.8, 4) is 5.75 Å². The lowest BCUT2D eigenvalue weighted by atomic mass is 9.81. The topological polar surface area (TPSA) is 91.3 Å². The van der Waals surface area contributed by atoms with Gasteiger partial charge in [0, 0.05) is 13.1 Å². The van der Waals surface area contributed by atoms with Crippen molar-refractivity contribution in [1.82, 2.24) is 15.4 Å². The molecule has 0 unspecified atom stereocenters. The Morgan fingerprint density at radius 3 is 2.41 bits per heavy atom. The lowest BCUT2D eigenvalue weighted by molar-refractivity contribution is -0.274. The van der Waals surface area contributed by atoms with E-state index in [0.717, 1.165) is 31.2 Å². The molecule has 0 saturated heterocycles. The van der Waals surface area contributed by atoms with E-state index >= 15 is 0 Å². The van der Waals surface area contributed by atoms with Crippen molar-refractivity contribution >= 4 is 11.8 Å². The Bertz CT molecular complexity index is 783. The fourth-order valence-corrected chi connectivity index (χ4v) is 3.52. The lowest BCUT2D eigenvalue weighted by Crippen LogP contribution is -2.36. The van der Waals surface area contributed by atoms with Gasteiger partial charge >= 0.3 is 12.3 Å². The van der Waals surface area contributed by atoms with Crippen molar-refractivity contribution in [3.63, 3.8) is 0 Å². The number of aromatic amines is 1. The minimum atomic E-state index is -4.69. The van der Waals surface area contributed by atoms with Crippen molar-refractivity contribution in [2.24, 2.45) is 0 Å². The number of hydrogen-bond acceptors (Lipinski definition) is 5. The van der Waals surface area contributed by atoms with Crippen LogP contribution < -0.4 is 9.64 Å². The third kappa shape index (κ3) is 4.50. The van der Waals surface area contributed by atoms with E-state index in [2.05, 4.69) is 20.1 Å². The van der Waals surface area contributed by atoms with Crippen molar-refractivity contribution in [1.29, 1.82) is 0 Å². The van der Waals surface area contributed by atoms with E-state index in [-0.39, 0.29) is 23.4 Å². The Kier molecular flexibility index (Phi) is 5.24. The Morgan fingerprint density at radius 2 is 1.85 bits per heavy atom. The van der Waals surface area contributed by atoms with Crippen LogP contribution in [-0.2, 0) is 0 Å². The summed E-state index contributed by atoms with van der Waals surface area (Å²) < 4.78 is 40.6. The smallest absolute Gasteiger partial charge is 0.476 e. The van der Waals surface area contributed by atoms with Crippen LogP contribution in [0.1, 0.15) is 47.7 Å². The van der Waals surface area contributed by atoms with Crippen LogP contribution >= 0.6 is 0 Å². The third-order valence-electron chi connectivity index (χ3n) is 4.91. The molecule has 1 aromatic heterocycles. The Hall–Kier alpha value is -2.78. The molecule has 0 bridgehead atoms. The highest BCUT2D eigenvalue weighted by Crippen LogP contribution is 2.36. The van der Waals surface area contributed by atoms with Crippen LogP contribution in [-0.4, -0.2) is 45.9 Å². The molecule has 10 heteroatoms. The summed E-state index contributed by atoms with van der Waals surface area (Å²) in [5.41, 5.74) is 0.929. The summed E-state index contributed by atoms with van der Waals surface area (Å²) >= 11 is 0. The number of anilines is 1. The van der Waals surface area contributed by atoms with Crippen LogP contribution in [0, 0.1) is 0 Å². The molecular weight excluding hydrogens is 365 g/mol. The molecule has 1 fully saturated rings. The molecule has 2 aromatic rings. The molecule has 0 aliphatic heterocycles. The summed E-state index contributed by atoms with van der Waals surface area (Å²) in [6, 6.07) is 6.11. The van der Waals surface area contributed by atoms with Gasteiger partial charge in [0.05, 0.1) is 0 Å². The number of aromatic carboxylic acids is 1. The normalized spacial score (nSPS) is 20.3. The van der Waals surface area contributed by atoms with Gasteiger partial charge in [-0.25, -0.2) is 9.89 Å². The zero-order chi connectivity index (χ0) is 19.6. The van der Waals surface area contributed by atoms with Crippen LogP contribution in [0.4, 0.5) is 19.0 Å². The van der Waals surface area contributed by atoms with Gasteiger partial charge in [-0.15, -0.1) is 18.3 Å². The number of ether oxygens (including phenoxy) is 1. The number of nitrogens with one attached hydrogen (secondary N) is 1. The number of benzene rings is 1. The zero-order valence-electron chi connectivity index (χ0n) is 14.5. The van der Waals surface area contributed by atoms with Crippen molar-refractivity contribution in [2.45, 2.75) is 44.0 Å². The maximum absolute atomic E-state index is 12.2. The van der Waals surface area contributed by atoms with Gasteiger partial charge in [-0.2, -0.15) is 0 Å². The molecule has 1 aromatic carbocycles. The van der Waals surface area contributed by atoms with E-state index in [9.17, 15) is 18.0 Å². The fraction of sp³-hybridized carbons (Fsp3) is 0.471. The van der Waals surface area contributed by atoms with Crippen LogP contribution in [0.5, 0.6) is 5.75 Å². The van der Waals surface area contributed by atoms with E-state index in [1.807, 2.05) is 4.90 Å². The quantitative estimate of drug-likeness (QED) is 0.819. The summed E-state index contributed by atoms with van der Waals surface area (Å²) in [7, 11) is 1.79. The number of halogens is 3. The van der Waals surface area contributed by atoms with Gasteiger partial charge in [0.15, 0.2) is 11.5 Å². The number of carbonyl (C=O) groups is 1. The van der Waals surface area contributed by atoms with Gasteiger partial charge in [-0.3, -0.25) is 0 Å². The molecular formula is C17H19F3N4O3. The van der Waals surface area contributed by atoms with Crippen molar-refractivity contribution in [2.75, 3.05) is 11.9 Å². The highest BCUT2D eigenvalue weighted by atomic mass is 19.4. The first-order chi connectivity index (χ1) is 12.7. The zero-order valence-corrected chi connectivity index (χ0v) is 14.5. The van der Waals surface area contributed by atoms with Crippen LogP contribution in [0.25, 0.3) is 0 Å². The Labute approximate surface area is 153 Å². The summed E-state index contributed by atoms with van der Waals surface area (Å²) in [5.74, 6) is -0.797. The highest BCUT2D eigenvalue weighted by molar-refractivity contribution is 5.90. The Balaban J connectivity index is 1.60. The molecule has 2 N–H and O–H groups in total. The monoisotopic (exact) mass is 384 g/mol. The molecule has 0 spiro atoms. The van der Waals surface area contributed by atoms with Crippen LogP contribution in [0.2, 0.25) is 0 Å². The minimum Gasteiger partial charge on any atom is -0.476 e. The molecule has 1 aliphatic rings. The maximum Gasteiger partial charge on any atom is 0.573 e. The van der Waals surface area contributed by atoms with Crippen molar-refractivity contribution < 1.29 is 27.8 Å². The summed E-state index contributed by atoms with van der Waals surface area (Å²) in [5, 5.41) is 19.0. The number of hydrogen-bond donors (Lipinski definition) is 2. The average Bonchev–Trinajstić information content (AvgIpc) is 3.11. The molecule has 0 radical (unpaired) electrons. The molecule has 3 rings (SSSR count). The molecule has 7 nitrogen and oxygen atoms in total. The minimum absolute atomic E-state index is 0.0418. The predicted octanol–water partition coefficient (Wildman–Crippen LogP) is 3.56. The third-order valence-corrected chi connectivity index (χ3v) is 4.91. The number of H-pyrrole nitrogens is 1. The van der Waals surface area contributed by atoms with E-state index in [1.54, 1.807) is 19.2 Å². The molecule has 1 heterocycles. The Morgan fingerprint density at radius 1 is 1.22 bits per heavy atom. The second-order valence-corrected chi connectivity index (χ2v) is 6.55. The molecule has 1 saturated carbocycles. The van der Waals surface area contributed by atoms with Gasteiger partial charge in [0.2, 0.25) is 0 Å². The van der Waals surface area contributed by atoms with Crippen LogP contribution in [0.15, 0.2) is 24.3 Å². The summed E-state index contributed by atoms with van der Waals surface area (Å²) in [4.78, 5) is 13.0. The molecule has 0 amide bonds. The number of aromatic nitrogens is 3. The lowest BCUT2D eigenvalue weighted by Gasteiger charge is -2.35. The van der Waals surface area contributed by atoms with E-state index in [0.29, 0.717) is 5.82 Å². The van der Waals surface area contributed by atoms with Gasteiger partial charge in [-0.05, 0) is 49.3 Å². The molecule has 146 valence electrons. The average molecular weight is 384 g/mol. The number of rotatable bonds is 5. The number of nitrogens with zero attached hydrogens (tertiary/aromatic N) is 3. The fourth-order valence-electron chi connectivity index (χ4n) is 3.52.